The summed E-state index contributed by atoms with van der Waals surface area (Å²) < 4.78 is 46.5. The Morgan fingerprint density at radius 2 is 1.92 bits per heavy atom. The third kappa shape index (κ3) is 3.82. The lowest BCUT2D eigenvalue weighted by Crippen LogP contribution is -2.53. The first-order chi connectivity index (χ1) is 17.3. The highest BCUT2D eigenvalue weighted by molar-refractivity contribution is 6.02. The molecule has 0 aliphatic carbocycles. The molecule has 9 nitrogen and oxygen atoms in total. The molecule has 1 atom stereocenters. The third-order valence-corrected chi connectivity index (χ3v) is 5.93. The molecule has 1 unspecified atom stereocenters. The number of methoxy groups -OCH3 is 2. The number of carbonyl (C=O) groups is 1. The Balaban J connectivity index is 1.53. The van der Waals surface area contributed by atoms with Gasteiger partial charge in [-0.3, -0.25) is 4.90 Å². The van der Waals surface area contributed by atoms with E-state index in [0.29, 0.717) is 23.1 Å². The molecule has 0 amide bonds. The maximum atomic E-state index is 14.1. The number of rotatable bonds is 5. The van der Waals surface area contributed by atoms with Crippen LogP contribution in [0, 0.1) is 18.6 Å². The molecule has 2 aliphatic rings. The summed E-state index contributed by atoms with van der Waals surface area (Å²) in [5, 5.41) is 4.06. The summed E-state index contributed by atoms with van der Waals surface area (Å²) in [4.78, 5) is 24.2. The highest BCUT2D eigenvalue weighted by Crippen LogP contribution is 2.39. The van der Waals surface area contributed by atoms with Crippen LogP contribution in [0.25, 0.3) is 11.4 Å². The van der Waals surface area contributed by atoms with Crippen molar-refractivity contribution in [1.29, 1.82) is 0 Å². The van der Waals surface area contributed by atoms with E-state index < -0.39 is 23.3 Å². The number of imidazole rings is 1. The second-order valence-electron chi connectivity index (χ2n) is 8.15. The molecule has 0 fully saturated rings. The van der Waals surface area contributed by atoms with Gasteiger partial charge in [-0.05, 0) is 37.3 Å². The average molecular weight is 496 g/mol. The van der Waals surface area contributed by atoms with Crippen LogP contribution in [0.3, 0.4) is 0 Å². The molecule has 5 rings (SSSR count). The van der Waals surface area contributed by atoms with E-state index in [1.54, 1.807) is 25.6 Å². The fourth-order valence-corrected chi connectivity index (χ4v) is 4.28. The normalized spacial score (nSPS) is 18.9. The number of hydrogen-bond acceptors (Lipinski definition) is 8. The summed E-state index contributed by atoms with van der Waals surface area (Å²) in [6, 6.07) is 8.24. The lowest BCUT2D eigenvalue weighted by Gasteiger charge is -2.33. The monoisotopic (exact) mass is 496 g/mol. The molecule has 3 aromatic rings. The number of nitrogens with zero attached hydrogens (tertiary/aromatic N) is 4. The molecule has 0 radical (unpaired) electrons. The molecule has 0 N–H and O–H groups in total. The second kappa shape index (κ2) is 8.99. The van der Waals surface area contributed by atoms with Crippen molar-refractivity contribution in [2.45, 2.75) is 12.6 Å². The molecular weight excluding hydrogens is 474 g/mol. The number of fused-ring (bicyclic) bond motifs is 1. The summed E-state index contributed by atoms with van der Waals surface area (Å²) in [6.45, 7) is 2.13. The lowest BCUT2D eigenvalue weighted by atomic mass is 10.00. The van der Waals surface area contributed by atoms with Crippen molar-refractivity contribution >= 4 is 17.6 Å². The van der Waals surface area contributed by atoms with Crippen LogP contribution in [0.1, 0.15) is 16.8 Å². The highest BCUT2D eigenvalue weighted by atomic mass is 19.1. The van der Waals surface area contributed by atoms with Gasteiger partial charge < -0.3 is 23.6 Å². The number of hydrogen-bond donors (Lipinski definition) is 0. The van der Waals surface area contributed by atoms with Gasteiger partial charge in [-0.1, -0.05) is 5.16 Å². The Morgan fingerprint density at radius 1 is 1.14 bits per heavy atom. The van der Waals surface area contributed by atoms with Gasteiger partial charge in [0.25, 0.3) is 0 Å². The minimum absolute atomic E-state index is 0.0934. The van der Waals surface area contributed by atoms with Gasteiger partial charge >= 0.3 is 11.7 Å². The van der Waals surface area contributed by atoms with Crippen LogP contribution in [-0.2, 0) is 24.8 Å². The molecule has 3 heterocycles. The predicted molar refractivity (Wildman–Crippen MR) is 124 cm³/mol. The van der Waals surface area contributed by atoms with Gasteiger partial charge in [-0.25, -0.2) is 18.6 Å². The Kier molecular flexibility index (Phi) is 5.83. The zero-order valence-corrected chi connectivity index (χ0v) is 19.7. The van der Waals surface area contributed by atoms with Crippen LogP contribution in [0.2, 0.25) is 0 Å². The van der Waals surface area contributed by atoms with Crippen LogP contribution >= 0.6 is 0 Å². The Morgan fingerprint density at radius 3 is 2.58 bits per heavy atom. The number of ether oxygens (including phenoxy) is 3. The summed E-state index contributed by atoms with van der Waals surface area (Å²) in [5.74, 6) is -1.37. The van der Waals surface area contributed by atoms with Crippen molar-refractivity contribution in [3.05, 3.63) is 83.5 Å². The first-order valence-electron chi connectivity index (χ1n) is 11.0. The minimum Gasteiger partial charge on any atom is -0.495 e. The number of benzene rings is 2. The summed E-state index contributed by atoms with van der Waals surface area (Å²) in [6.07, 6.45) is 5.16. The van der Waals surface area contributed by atoms with E-state index in [9.17, 15) is 13.6 Å². The third-order valence-electron chi connectivity index (χ3n) is 5.93. The van der Waals surface area contributed by atoms with Crippen molar-refractivity contribution in [1.82, 2.24) is 14.5 Å². The Bertz CT molecular complexity index is 1380. The number of esters is 1. The van der Waals surface area contributed by atoms with Gasteiger partial charge in [0.15, 0.2) is 5.84 Å². The Hall–Kier alpha value is -4.41. The van der Waals surface area contributed by atoms with Crippen molar-refractivity contribution in [2.75, 3.05) is 27.4 Å². The van der Waals surface area contributed by atoms with Crippen LogP contribution in [-0.4, -0.2) is 53.6 Å². The summed E-state index contributed by atoms with van der Waals surface area (Å²) >= 11 is 0. The first kappa shape index (κ1) is 23.3. The molecule has 1 aromatic heterocycles. The van der Waals surface area contributed by atoms with Crippen molar-refractivity contribution in [3.63, 3.8) is 0 Å². The molecule has 0 saturated heterocycles. The van der Waals surface area contributed by atoms with Gasteiger partial charge in [0.2, 0.25) is 0 Å². The van der Waals surface area contributed by atoms with Gasteiger partial charge in [-0.2, -0.15) is 0 Å². The molecule has 0 saturated carbocycles. The van der Waals surface area contributed by atoms with Crippen LogP contribution in [0.4, 0.5) is 8.78 Å². The van der Waals surface area contributed by atoms with E-state index in [4.69, 9.17) is 19.0 Å². The van der Waals surface area contributed by atoms with Crippen LogP contribution in [0.5, 0.6) is 5.75 Å². The number of aryl methyl sites for hydroxylation is 1. The van der Waals surface area contributed by atoms with Crippen molar-refractivity contribution in [2.24, 2.45) is 5.16 Å². The number of halogens is 2. The summed E-state index contributed by atoms with van der Waals surface area (Å²) in [5.41, 5.74) is 0.233. The van der Waals surface area contributed by atoms with Gasteiger partial charge in [0.05, 0.1) is 38.5 Å². The Labute approximate surface area is 205 Å². The van der Waals surface area contributed by atoms with E-state index >= 15 is 0 Å². The second-order valence-corrected chi connectivity index (χ2v) is 8.15. The molecule has 2 aliphatic heterocycles. The number of aromatic nitrogens is 2. The van der Waals surface area contributed by atoms with E-state index in [1.807, 2.05) is 29.8 Å². The highest BCUT2D eigenvalue weighted by Gasteiger charge is 2.56. The van der Waals surface area contributed by atoms with Crippen molar-refractivity contribution in [3.8, 4) is 11.4 Å². The maximum Gasteiger partial charge on any atom is 0.380 e. The van der Waals surface area contributed by atoms with E-state index in [-0.39, 0.29) is 24.6 Å². The largest absolute Gasteiger partial charge is 0.495 e. The first-order valence-corrected chi connectivity index (χ1v) is 11.0. The van der Waals surface area contributed by atoms with E-state index in [2.05, 4.69) is 10.1 Å². The van der Waals surface area contributed by atoms with E-state index in [1.165, 1.54) is 4.90 Å². The quantitative estimate of drug-likeness (QED) is 0.500. The summed E-state index contributed by atoms with van der Waals surface area (Å²) in [7, 11) is 2.72. The molecule has 0 bridgehead atoms. The lowest BCUT2D eigenvalue weighted by molar-refractivity contribution is -0.186. The van der Waals surface area contributed by atoms with Gasteiger partial charge in [0, 0.05) is 29.5 Å². The SMILES string of the molecule is COC(=O)C1(c2cc(F)cc(F)c2)ON=C2C=C(c3ccc(-n4cnc(C)c4)c(OC)c3)OCCN21. The van der Waals surface area contributed by atoms with Gasteiger partial charge in [-0.15, -0.1) is 0 Å². The van der Waals surface area contributed by atoms with E-state index in [0.717, 1.165) is 30.6 Å². The topological polar surface area (TPSA) is 87.4 Å². The van der Waals surface area contributed by atoms with Gasteiger partial charge in [0.1, 0.15) is 29.8 Å². The zero-order chi connectivity index (χ0) is 25.4. The minimum atomic E-state index is -2.01. The number of carbonyl (C=O) groups excluding carboxylic acids is 1. The molecule has 36 heavy (non-hydrogen) atoms. The van der Waals surface area contributed by atoms with Crippen molar-refractivity contribution < 1.29 is 32.6 Å². The molecule has 186 valence electrons. The number of oxime groups is 1. The predicted octanol–water partition coefficient (Wildman–Crippen LogP) is 3.51. The molecule has 0 spiro atoms. The smallest absolute Gasteiger partial charge is 0.380 e. The molecular formula is C25H22F2N4O5. The molecule has 2 aromatic carbocycles. The number of amidine groups is 1. The standard InChI is InChI=1S/C25H22F2N4O5/c1-15-13-30(14-28-15)20-5-4-16(8-22(20)33-2)21-12-23-29-36-25(24(32)34-3,31(23)6-7-35-21)17-9-18(26)11-19(27)10-17/h4-5,8-14H,6-7H2,1-3H3. The average Bonchev–Trinajstić information content (AvgIpc) is 3.39. The fourth-order valence-electron chi connectivity index (χ4n) is 4.28. The van der Waals surface area contributed by atoms with Crippen LogP contribution < -0.4 is 4.74 Å². The fraction of sp³-hybridized carbons (Fsp3) is 0.240. The van der Waals surface area contributed by atoms with Crippen LogP contribution in [0.15, 0.2) is 60.2 Å². The maximum absolute atomic E-state index is 14.1. The molecule has 11 heteroatoms. The zero-order valence-electron chi connectivity index (χ0n) is 19.7.